The Morgan fingerprint density at radius 2 is 2.21 bits per heavy atom. The smallest absolute Gasteiger partial charge is 0.228 e. The monoisotopic (exact) mass is 270 g/mol. The van der Waals surface area contributed by atoms with Gasteiger partial charge in [-0.05, 0) is 35.7 Å². The van der Waals surface area contributed by atoms with E-state index in [9.17, 15) is 4.79 Å². The van der Waals surface area contributed by atoms with Gasteiger partial charge in [-0.3, -0.25) is 4.79 Å². The van der Waals surface area contributed by atoms with Gasteiger partial charge in [-0.2, -0.15) is 0 Å². The molecule has 1 heterocycles. The van der Waals surface area contributed by atoms with Gasteiger partial charge >= 0.3 is 0 Å². The SMILES string of the molecule is C#Cc1ncccc1NC(=O)Cc1cccc(Cl)c1. The Morgan fingerprint density at radius 1 is 1.37 bits per heavy atom. The molecule has 0 saturated carbocycles. The van der Waals surface area contributed by atoms with Gasteiger partial charge in [-0.15, -0.1) is 6.42 Å². The summed E-state index contributed by atoms with van der Waals surface area (Å²) in [6, 6.07) is 10.6. The largest absolute Gasteiger partial charge is 0.323 e. The number of hydrogen-bond acceptors (Lipinski definition) is 2. The zero-order chi connectivity index (χ0) is 13.7. The molecule has 1 N–H and O–H groups in total. The second-order valence-corrected chi connectivity index (χ2v) is 4.34. The summed E-state index contributed by atoms with van der Waals surface area (Å²) in [7, 11) is 0. The number of benzene rings is 1. The van der Waals surface area contributed by atoms with E-state index in [0.717, 1.165) is 5.56 Å². The maximum absolute atomic E-state index is 11.9. The summed E-state index contributed by atoms with van der Waals surface area (Å²) in [6.45, 7) is 0. The Bertz CT molecular complexity index is 647. The summed E-state index contributed by atoms with van der Waals surface area (Å²) >= 11 is 5.87. The number of rotatable bonds is 3. The number of hydrogen-bond donors (Lipinski definition) is 1. The van der Waals surface area contributed by atoms with E-state index in [-0.39, 0.29) is 12.3 Å². The van der Waals surface area contributed by atoms with Crippen LogP contribution < -0.4 is 5.32 Å². The highest BCUT2D eigenvalue weighted by Crippen LogP contribution is 2.14. The lowest BCUT2D eigenvalue weighted by Crippen LogP contribution is -2.15. The fourth-order valence-corrected chi connectivity index (χ4v) is 1.86. The number of carbonyl (C=O) groups excluding carboxylic acids is 1. The molecule has 0 saturated heterocycles. The van der Waals surface area contributed by atoms with E-state index < -0.39 is 0 Å². The topological polar surface area (TPSA) is 42.0 Å². The number of halogens is 1. The van der Waals surface area contributed by atoms with Gasteiger partial charge in [0.05, 0.1) is 12.1 Å². The second kappa shape index (κ2) is 6.03. The van der Waals surface area contributed by atoms with E-state index in [1.54, 1.807) is 30.5 Å². The molecule has 4 heteroatoms. The number of nitrogens with one attached hydrogen (secondary N) is 1. The van der Waals surface area contributed by atoms with Crippen LogP contribution in [-0.4, -0.2) is 10.9 Å². The van der Waals surface area contributed by atoms with E-state index in [2.05, 4.69) is 16.2 Å². The molecule has 2 rings (SSSR count). The van der Waals surface area contributed by atoms with Gasteiger partial charge in [0.1, 0.15) is 5.69 Å². The van der Waals surface area contributed by atoms with Gasteiger partial charge in [0, 0.05) is 11.2 Å². The van der Waals surface area contributed by atoms with Crippen LogP contribution in [0.5, 0.6) is 0 Å². The molecular weight excluding hydrogens is 260 g/mol. The first-order valence-electron chi connectivity index (χ1n) is 5.65. The molecule has 0 unspecified atom stereocenters. The summed E-state index contributed by atoms with van der Waals surface area (Å²) in [5.41, 5.74) is 1.80. The summed E-state index contributed by atoms with van der Waals surface area (Å²) in [6.07, 6.45) is 7.14. The molecule has 2 aromatic rings. The minimum Gasteiger partial charge on any atom is -0.323 e. The molecule has 0 radical (unpaired) electrons. The van der Waals surface area contributed by atoms with Crippen molar-refractivity contribution in [2.24, 2.45) is 0 Å². The van der Waals surface area contributed by atoms with Crippen LogP contribution in [0.3, 0.4) is 0 Å². The van der Waals surface area contributed by atoms with Crippen LogP contribution in [0, 0.1) is 12.3 Å². The van der Waals surface area contributed by atoms with Crippen LogP contribution in [0.1, 0.15) is 11.3 Å². The van der Waals surface area contributed by atoms with Crippen molar-refractivity contribution in [2.75, 3.05) is 5.32 Å². The average Bonchev–Trinajstić information content (AvgIpc) is 2.39. The van der Waals surface area contributed by atoms with Gasteiger partial charge in [0.15, 0.2) is 0 Å². The van der Waals surface area contributed by atoms with Crippen molar-refractivity contribution in [3.63, 3.8) is 0 Å². The number of aromatic nitrogens is 1. The molecule has 0 spiro atoms. The van der Waals surface area contributed by atoms with Gasteiger partial charge < -0.3 is 5.32 Å². The number of amides is 1. The lowest BCUT2D eigenvalue weighted by Gasteiger charge is -2.07. The summed E-state index contributed by atoms with van der Waals surface area (Å²) < 4.78 is 0. The van der Waals surface area contributed by atoms with Gasteiger partial charge in [0.2, 0.25) is 5.91 Å². The lowest BCUT2D eigenvalue weighted by atomic mass is 10.1. The maximum Gasteiger partial charge on any atom is 0.228 e. The minimum absolute atomic E-state index is 0.160. The molecule has 1 amide bonds. The van der Waals surface area contributed by atoms with Crippen LogP contribution in [0.25, 0.3) is 0 Å². The zero-order valence-electron chi connectivity index (χ0n) is 10.1. The zero-order valence-corrected chi connectivity index (χ0v) is 10.8. The molecule has 1 aromatic heterocycles. The molecule has 0 aliphatic heterocycles. The lowest BCUT2D eigenvalue weighted by molar-refractivity contribution is -0.115. The fourth-order valence-electron chi connectivity index (χ4n) is 1.65. The highest BCUT2D eigenvalue weighted by molar-refractivity contribution is 6.30. The highest BCUT2D eigenvalue weighted by atomic mass is 35.5. The molecule has 19 heavy (non-hydrogen) atoms. The average molecular weight is 271 g/mol. The highest BCUT2D eigenvalue weighted by Gasteiger charge is 2.07. The van der Waals surface area contributed by atoms with E-state index in [0.29, 0.717) is 16.4 Å². The van der Waals surface area contributed by atoms with Crippen molar-refractivity contribution >= 4 is 23.2 Å². The minimum atomic E-state index is -0.160. The summed E-state index contributed by atoms with van der Waals surface area (Å²) in [4.78, 5) is 15.9. The number of pyridine rings is 1. The molecular formula is C15H11ClN2O. The van der Waals surface area contributed by atoms with Crippen LogP contribution in [-0.2, 0) is 11.2 Å². The van der Waals surface area contributed by atoms with E-state index in [1.807, 2.05) is 12.1 Å². The third-order valence-corrected chi connectivity index (χ3v) is 2.71. The van der Waals surface area contributed by atoms with Crippen molar-refractivity contribution in [3.05, 3.63) is 58.9 Å². The summed E-state index contributed by atoms with van der Waals surface area (Å²) in [5.74, 6) is 2.27. The van der Waals surface area contributed by atoms with Crippen molar-refractivity contribution in [3.8, 4) is 12.3 Å². The van der Waals surface area contributed by atoms with Crippen LogP contribution in [0.2, 0.25) is 5.02 Å². The molecule has 0 aliphatic rings. The Labute approximate surface area is 116 Å². The van der Waals surface area contributed by atoms with Gasteiger partial charge in [0.25, 0.3) is 0 Å². The molecule has 0 fully saturated rings. The van der Waals surface area contributed by atoms with E-state index >= 15 is 0 Å². The van der Waals surface area contributed by atoms with E-state index in [4.69, 9.17) is 18.0 Å². The molecule has 0 atom stereocenters. The number of nitrogens with zero attached hydrogens (tertiary/aromatic N) is 1. The predicted octanol–water partition coefficient (Wildman–Crippen LogP) is 2.90. The first-order chi connectivity index (χ1) is 9.19. The quantitative estimate of drug-likeness (QED) is 0.872. The molecule has 0 aliphatic carbocycles. The van der Waals surface area contributed by atoms with Crippen molar-refractivity contribution < 1.29 is 4.79 Å². The normalized spacial score (nSPS) is 9.68. The van der Waals surface area contributed by atoms with Gasteiger partial charge in [-0.1, -0.05) is 23.7 Å². The third-order valence-electron chi connectivity index (χ3n) is 2.47. The first kappa shape index (κ1) is 13.1. The number of carbonyl (C=O) groups is 1. The van der Waals surface area contributed by atoms with Crippen LogP contribution in [0.4, 0.5) is 5.69 Å². The molecule has 0 bridgehead atoms. The summed E-state index contributed by atoms with van der Waals surface area (Å²) in [5, 5.41) is 3.35. The maximum atomic E-state index is 11.9. The van der Waals surface area contributed by atoms with E-state index in [1.165, 1.54) is 0 Å². The van der Waals surface area contributed by atoms with Gasteiger partial charge in [-0.25, -0.2) is 4.98 Å². The Kier molecular flexibility index (Phi) is 4.17. The van der Waals surface area contributed by atoms with Crippen molar-refractivity contribution in [2.45, 2.75) is 6.42 Å². The van der Waals surface area contributed by atoms with Crippen LogP contribution >= 0.6 is 11.6 Å². The molecule has 1 aromatic carbocycles. The fraction of sp³-hybridized carbons (Fsp3) is 0.0667. The second-order valence-electron chi connectivity index (χ2n) is 3.90. The van der Waals surface area contributed by atoms with Crippen LogP contribution in [0.15, 0.2) is 42.6 Å². The standard InChI is InChI=1S/C15H11ClN2O/c1-2-13-14(7-4-8-17-13)18-15(19)10-11-5-3-6-12(16)9-11/h1,3-9H,10H2,(H,18,19). The van der Waals surface area contributed by atoms with Crippen molar-refractivity contribution in [1.82, 2.24) is 4.98 Å². The third kappa shape index (κ3) is 3.57. The Balaban J connectivity index is 2.08. The number of terminal acetylenes is 1. The Morgan fingerprint density at radius 3 is 2.95 bits per heavy atom. The predicted molar refractivity (Wildman–Crippen MR) is 76.0 cm³/mol. The van der Waals surface area contributed by atoms with Crippen molar-refractivity contribution in [1.29, 1.82) is 0 Å². The number of anilines is 1. The molecule has 94 valence electrons. The first-order valence-corrected chi connectivity index (χ1v) is 6.03. The molecule has 3 nitrogen and oxygen atoms in total. The Hall–Kier alpha value is -2.31.